The normalized spacial score (nSPS) is 29.5. The van der Waals surface area contributed by atoms with Crippen LogP contribution in [0.1, 0.15) is 27.7 Å². The first-order chi connectivity index (χ1) is 6.37. The lowest BCUT2D eigenvalue weighted by Crippen LogP contribution is -2.16. The van der Waals surface area contributed by atoms with Gasteiger partial charge >= 0.3 is 5.97 Å². The van der Waals surface area contributed by atoms with E-state index in [1.807, 2.05) is 27.7 Å². The molecule has 1 fully saturated rings. The van der Waals surface area contributed by atoms with E-state index in [9.17, 15) is 4.79 Å². The number of carbonyl (C=O) groups is 1. The van der Waals surface area contributed by atoms with E-state index in [1.165, 1.54) is 0 Å². The van der Waals surface area contributed by atoms with E-state index in [4.69, 9.17) is 5.11 Å². The van der Waals surface area contributed by atoms with Gasteiger partial charge in [-0.3, -0.25) is 4.79 Å². The molecule has 0 heterocycles. The third-order valence-electron chi connectivity index (χ3n) is 2.74. The highest BCUT2D eigenvalue weighted by Crippen LogP contribution is 2.57. The number of carboxylic acid groups (broad SMARTS) is 1. The zero-order valence-corrected chi connectivity index (χ0v) is 9.11. The van der Waals surface area contributed by atoms with E-state index in [-0.39, 0.29) is 23.3 Å². The summed E-state index contributed by atoms with van der Waals surface area (Å²) in [7, 11) is 0. The minimum absolute atomic E-state index is 0.0613. The molecule has 0 aromatic heterocycles. The molecule has 1 rings (SSSR count). The van der Waals surface area contributed by atoms with Crippen LogP contribution in [-0.4, -0.2) is 23.3 Å². The Hall–Kier alpha value is -1.06. The maximum absolute atomic E-state index is 10.8. The van der Waals surface area contributed by atoms with Crippen LogP contribution in [0.3, 0.4) is 0 Å². The second kappa shape index (κ2) is 3.59. The summed E-state index contributed by atoms with van der Waals surface area (Å²) in [4.78, 5) is 10.8. The molecule has 1 aliphatic carbocycles. The van der Waals surface area contributed by atoms with Crippen molar-refractivity contribution in [3.63, 3.8) is 0 Å². The fourth-order valence-electron chi connectivity index (χ4n) is 1.70. The Labute approximate surface area is 84.4 Å². The van der Waals surface area contributed by atoms with Crippen LogP contribution in [0.2, 0.25) is 0 Å². The van der Waals surface area contributed by atoms with Crippen molar-refractivity contribution in [1.29, 1.82) is 0 Å². The van der Waals surface area contributed by atoms with Gasteiger partial charge in [-0.2, -0.15) is 5.10 Å². The minimum atomic E-state index is -0.726. The van der Waals surface area contributed by atoms with Crippen molar-refractivity contribution in [3.05, 3.63) is 0 Å². The summed E-state index contributed by atoms with van der Waals surface area (Å²) < 4.78 is 0. The Morgan fingerprint density at radius 3 is 2.50 bits per heavy atom. The van der Waals surface area contributed by atoms with Gasteiger partial charge < -0.3 is 10.5 Å². The molecule has 0 bridgehead atoms. The van der Waals surface area contributed by atoms with Crippen LogP contribution in [0.4, 0.5) is 0 Å². The van der Waals surface area contributed by atoms with Gasteiger partial charge in [0.1, 0.15) is 0 Å². The van der Waals surface area contributed by atoms with E-state index < -0.39 is 5.97 Å². The van der Waals surface area contributed by atoms with Gasteiger partial charge in [-0.1, -0.05) is 13.8 Å². The number of carboxylic acids is 1. The van der Waals surface area contributed by atoms with Crippen LogP contribution >= 0.6 is 0 Å². The molecule has 14 heavy (non-hydrogen) atoms. The van der Waals surface area contributed by atoms with Crippen molar-refractivity contribution in [2.75, 3.05) is 0 Å². The SMILES string of the molecule is CC(C)NN=C[C@H]1[C@@H](C(=O)O)C1(C)C. The predicted octanol–water partition coefficient (Wildman–Crippen LogP) is 1.33. The number of nitrogens with one attached hydrogen (secondary N) is 1. The third kappa shape index (κ3) is 2.05. The van der Waals surface area contributed by atoms with E-state index in [2.05, 4.69) is 10.5 Å². The number of hydrazone groups is 1. The highest BCUT2D eigenvalue weighted by atomic mass is 16.4. The lowest BCUT2D eigenvalue weighted by molar-refractivity contribution is -0.139. The second-order valence-electron chi connectivity index (χ2n) is 4.73. The molecule has 0 radical (unpaired) electrons. The molecule has 0 saturated heterocycles. The van der Waals surface area contributed by atoms with Crippen molar-refractivity contribution in [2.24, 2.45) is 22.4 Å². The Morgan fingerprint density at radius 2 is 2.14 bits per heavy atom. The van der Waals surface area contributed by atoms with Gasteiger partial charge in [-0.25, -0.2) is 0 Å². The van der Waals surface area contributed by atoms with Crippen LogP contribution in [0.5, 0.6) is 0 Å². The molecule has 1 saturated carbocycles. The van der Waals surface area contributed by atoms with Crippen LogP contribution < -0.4 is 5.43 Å². The molecular weight excluding hydrogens is 180 g/mol. The molecule has 1 aliphatic rings. The summed E-state index contributed by atoms with van der Waals surface area (Å²) in [6.45, 7) is 7.89. The maximum atomic E-state index is 10.8. The molecule has 2 N–H and O–H groups in total. The minimum Gasteiger partial charge on any atom is -0.481 e. The van der Waals surface area contributed by atoms with Gasteiger partial charge in [-0.05, 0) is 19.3 Å². The van der Waals surface area contributed by atoms with Gasteiger partial charge in [0.2, 0.25) is 0 Å². The number of aliphatic carboxylic acids is 1. The molecule has 0 spiro atoms. The Balaban J connectivity index is 2.49. The summed E-state index contributed by atoms with van der Waals surface area (Å²) >= 11 is 0. The predicted molar refractivity (Wildman–Crippen MR) is 55.2 cm³/mol. The van der Waals surface area contributed by atoms with Crippen molar-refractivity contribution >= 4 is 12.2 Å². The maximum Gasteiger partial charge on any atom is 0.307 e. The number of hydrogen-bond acceptors (Lipinski definition) is 3. The largest absolute Gasteiger partial charge is 0.481 e. The molecule has 4 heteroatoms. The summed E-state index contributed by atoms with van der Waals surface area (Å²) in [5.74, 6) is -0.942. The highest BCUT2D eigenvalue weighted by molar-refractivity contribution is 5.84. The topological polar surface area (TPSA) is 61.7 Å². The summed E-state index contributed by atoms with van der Waals surface area (Å²) in [5.41, 5.74) is 2.75. The first-order valence-corrected chi connectivity index (χ1v) is 4.89. The number of hydrogen-bond donors (Lipinski definition) is 2. The molecule has 0 aliphatic heterocycles. The molecular formula is C10H18N2O2. The molecule has 0 aromatic rings. The van der Waals surface area contributed by atoms with Crippen LogP contribution in [-0.2, 0) is 4.79 Å². The third-order valence-corrected chi connectivity index (χ3v) is 2.74. The van der Waals surface area contributed by atoms with Crippen molar-refractivity contribution in [3.8, 4) is 0 Å². The van der Waals surface area contributed by atoms with Crippen molar-refractivity contribution < 1.29 is 9.90 Å². The fourth-order valence-corrected chi connectivity index (χ4v) is 1.70. The van der Waals surface area contributed by atoms with Crippen LogP contribution in [0.15, 0.2) is 5.10 Å². The van der Waals surface area contributed by atoms with Crippen LogP contribution in [0.25, 0.3) is 0 Å². The fraction of sp³-hybridized carbons (Fsp3) is 0.800. The van der Waals surface area contributed by atoms with Gasteiger partial charge in [0.25, 0.3) is 0 Å². The zero-order chi connectivity index (χ0) is 10.9. The molecule has 0 aromatic carbocycles. The zero-order valence-electron chi connectivity index (χ0n) is 9.11. The summed E-state index contributed by atoms with van der Waals surface area (Å²) in [6, 6.07) is 0.288. The lowest BCUT2D eigenvalue weighted by Gasteiger charge is -2.01. The average Bonchev–Trinajstić information content (AvgIpc) is 2.52. The smallest absolute Gasteiger partial charge is 0.307 e. The molecule has 2 atom stereocenters. The summed E-state index contributed by atoms with van der Waals surface area (Å²) in [6.07, 6.45) is 1.72. The van der Waals surface area contributed by atoms with Gasteiger partial charge in [0, 0.05) is 18.2 Å². The van der Waals surface area contributed by atoms with Gasteiger partial charge in [-0.15, -0.1) is 0 Å². The molecule has 0 unspecified atom stereocenters. The standard InChI is InChI=1S/C10H18N2O2/c1-6(2)12-11-5-7-8(9(13)14)10(7,3)4/h5-8,12H,1-4H3,(H,13,14)/t7-,8-/m0/s1. The first-order valence-electron chi connectivity index (χ1n) is 4.89. The quantitative estimate of drug-likeness (QED) is 0.529. The Bertz CT molecular complexity index is 259. The van der Waals surface area contributed by atoms with E-state index in [1.54, 1.807) is 6.21 Å². The molecule has 4 nitrogen and oxygen atoms in total. The van der Waals surface area contributed by atoms with Gasteiger partial charge in [0.05, 0.1) is 5.92 Å². The average molecular weight is 198 g/mol. The van der Waals surface area contributed by atoms with Gasteiger partial charge in [0.15, 0.2) is 0 Å². The van der Waals surface area contributed by atoms with E-state index >= 15 is 0 Å². The van der Waals surface area contributed by atoms with Crippen molar-refractivity contribution in [2.45, 2.75) is 33.7 Å². The van der Waals surface area contributed by atoms with Crippen LogP contribution in [0, 0.1) is 17.3 Å². The Morgan fingerprint density at radius 1 is 1.57 bits per heavy atom. The number of rotatable bonds is 4. The summed E-state index contributed by atoms with van der Waals surface area (Å²) in [5, 5.41) is 12.9. The molecule has 80 valence electrons. The lowest BCUT2D eigenvalue weighted by atomic mass is 10.1. The van der Waals surface area contributed by atoms with Crippen molar-refractivity contribution in [1.82, 2.24) is 5.43 Å². The number of nitrogens with zero attached hydrogens (tertiary/aromatic N) is 1. The second-order valence-corrected chi connectivity index (χ2v) is 4.73. The Kier molecular flexibility index (Phi) is 2.83. The monoisotopic (exact) mass is 198 g/mol. The first kappa shape index (κ1) is 11.0. The molecule has 0 amide bonds. The van der Waals surface area contributed by atoms with E-state index in [0.717, 1.165) is 0 Å². The highest BCUT2D eigenvalue weighted by Gasteiger charge is 2.61. The van der Waals surface area contributed by atoms with E-state index in [0.29, 0.717) is 0 Å².